The number of likely N-dealkylation sites (tertiary alicyclic amines) is 1. The van der Waals surface area contributed by atoms with E-state index in [1.54, 1.807) is 57.1 Å². The molecule has 0 aliphatic carbocycles. The number of ether oxygens (including phenoxy) is 4. The number of H-pyrrole nitrogens is 1. The van der Waals surface area contributed by atoms with Gasteiger partial charge in [0.1, 0.15) is 57.6 Å². The van der Waals surface area contributed by atoms with E-state index in [1.807, 2.05) is 67.0 Å². The Hall–Kier alpha value is -7.71. The van der Waals surface area contributed by atoms with Gasteiger partial charge in [0.25, 0.3) is 11.8 Å². The van der Waals surface area contributed by atoms with E-state index in [2.05, 4.69) is 50.3 Å². The summed E-state index contributed by atoms with van der Waals surface area (Å²) in [5.74, 6) is -0.0796. The van der Waals surface area contributed by atoms with Crippen molar-refractivity contribution >= 4 is 70.1 Å². The SMILES string of the molecule is CC(C)(C)NC(=O)c1c[nH]c2ncc(-c3nn(CC4CCNC4)c4ccc(OC(F)F)cc34)nc12.CC(C)(C)NC(=O)c1cn(COCC[Si](C)(C)C)c2ncc(-c3nn(CC4CCN(C(=O)OC(C)(C)C)C4)c4ccc(OC(F)F)cc34)nc12. The zero-order valence-electron chi connectivity index (χ0n) is 50.2. The molecule has 456 valence electrons. The summed E-state index contributed by atoms with van der Waals surface area (Å²) in [4.78, 5) is 62.5. The first-order valence-electron chi connectivity index (χ1n) is 28.5. The molecule has 2 aromatic carbocycles. The molecule has 0 bridgehead atoms. The summed E-state index contributed by atoms with van der Waals surface area (Å²) in [5.41, 5.74) is 4.04. The van der Waals surface area contributed by atoms with Crippen LogP contribution in [-0.2, 0) is 29.3 Å². The van der Waals surface area contributed by atoms with Crippen molar-refractivity contribution in [3.63, 3.8) is 0 Å². The molecule has 0 spiro atoms. The standard InChI is InChI=1S/C35H49F2N7O5Si.C24H27F2N7O2/c1-34(2,3)40-31(45)25-20-43(21-47-14-15-50(7,8)9)30-29(25)39-26(17-38-30)28-24-16-23(48-32(36)37)10-11-27(24)44(41-28)19-22-12-13-42(18-22)33(46)49-35(4,5)6;1-24(2,3)31-22(34)16-10-28-21-20(16)30-17(11-29-21)19-15-8-14(35-23(25)26)4-5-18(15)33(32-19)12-13-6-7-27-9-13/h10-11,16-17,20,22,32H,12-15,18-19,21H2,1-9H3,(H,40,45);4-5,8,10-11,13,23,27H,6-7,9,12H2,1-3H3,(H,28,29)(H,31,34). The molecule has 0 saturated carbocycles. The van der Waals surface area contributed by atoms with Gasteiger partial charge in [-0.25, -0.2) is 24.7 Å². The largest absolute Gasteiger partial charge is 0.444 e. The molecule has 2 fully saturated rings. The lowest BCUT2D eigenvalue weighted by atomic mass is 10.1. The van der Waals surface area contributed by atoms with E-state index in [9.17, 15) is 31.9 Å². The molecule has 2 saturated heterocycles. The van der Waals surface area contributed by atoms with Gasteiger partial charge in [0.2, 0.25) is 0 Å². The number of fused-ring (bicyclic) bond motifs is 4. The van der Waals surface area contributed by atoms with Crippen molar-refractivity contribution in [2.24, 2.45) is 11.8 Å². The number of hydrogen-bond donors (Lipinski definition) is 4. The van der Waals surface area contributed by atoms with Gasteiger partial charge in [0, 0.05) is 75.1 Å². The number of rotatable bonds is 17. The summed E-state index contributed by atoms with van der Waals surface area (Å²) >= 11 is 0. The van der Waals surface area contributed by atoms with Gasteiger partial charge in [-0.2, -0.15) is 27.8 Å². The summed E-state index contributed by atoms with van der Waals surface area (Å²) in [6.45, 7) is 22.6. The highest BCUT2D eigenvalue weighted by atomic mass is 28.3. The maximum atomic E-state index is 13.5. The Labute approximate surface area is 490 Å². The van der Waals surface area contributed by atoms with E-state index >= 15 is 0 Å². The summed E-state index contributed by atoms with van der Waals surface area (Å²) in [6.07, 6.45) is 7.83. The number of alkyl halides is 4. The van der Waals surface area contributed by atoms with E-state index in [-0.39, 0.29) is 42.1 Å². The van der Waals surface area contributed by atoms with Crippen LogP contribution in [-0.4, -0.2) is 143 Å². The first-order valence-corrected chi connectivity index (χ1v) is 32.2. The molecule has 10 rings (SSSR count). The molecule has 4 N–H and O–H groups in total. The van der Waals surface area contributed by atoms with Gasteiger partial charge in [0.05, 0.1) is 34.6 Å². The molecule has 2 aliphatic rings. The Morgan fingerprint density at radius 3 is 1.85 bits per heavy atom. The molecular weight excluding hydrogens is 1120 g/mol. The average molecular weight is 1200 g/mol. The number of carbonyl (C=O) groups excluding carboxylic acids is 3. The number of nitrogens with zero attached hydrogens (tertiary/aromatic N) is 10. The number of aromatic amines is 1. The molecular formula is C59H76F4N14O7Si. The van der Waals surface area contributed by atoms with Crippen LogP contribution in [0, 0.1) is 11.8 Å². The van der Waals surface area contributed by atoms with E-state index in [4.69, 9.17) is 39.4 Å². The second kappa shape index (κ2) is 24.7. The molecule has 21 nitrogen and oxygen atoms in total. The van der Waals surface area contributed by atoms with Crippen LogP contribution < -0.4 is 25.4 Å². The van der Waals surface area contributed by atoms with Crippen LogP contribution in [0.2, 0.25) is 25.7 Å². The van der Waals surface area contributed by atoms with E-state index in [0.717, 1.165) is 37.5 Å². The van der Waals surface area contributed by atoms with Crippen LogP contribution in [0.5, 0.6) is 11.5 Å². The molecule has 85 heavy (non-hydrogen) atoms. The summed E-state index contributed by atoms with van der Waals surface area (Å²) in [5, 5.41) is 20.2. The molecule has 6 aromatic heterocycles. The molecule has 26 heteroatoms. The number of halogens is 4. The molecule has 2 unspecified atom stereocenters. The van der Waals surface area contributed by atoms with Gasteiger partial charge in [-0.15, -0.1) is 0 Å². The van der Waals surface area contributed by atoms with Gasteiger partial charge in [0.15, 0.2) is 11.3 Å². The lowest BCUT2D eigenvalue weighted by Gasteiger charge is -2.24. The normalized spacial score (nSPS) is 16.0. The lowest BCUT2D eigenvalue weighted by molar-refractivity contribution is -0.0504. The summed E-state index contributed by atoms with van der Waals surface area (Å²) < 4.78 is 78.7. The molecule has 8 heterocycles. The van der Waals surface area contributed by atoms with E-state index < -0.39 is 38.0 Å². The highest BCUT2D eigenvalue weighted by molar-refractivity contribution is 6.76. The van der Waals surface area contributed by atoms with Crippen LogP contribution in [0.1, 0.15) is 95.9 Å². The van der Waals surface area contributed by atoms with Gasteiger partial charge < -0.3 is 49.3 Å². The number of carbonyl (C=O) groups is 3. The van der Waals surface area contributed by atoms with Gasteiger partial charge in [-0.1, -0.05) is 19.6 Å². The van der Waals surface area contributed by atoms with Crippen molar-refractivity contribution in [1.29, 1.82) is 0 Å². The smallest absolute Gasteiger partial charge is 0.410 e. The van der Waals surface area contributed by atoms with E-state index in [1.165, 1.54) is 18.2 Å². The van der Waals surface area contributed by atoms with Crippen molar-refractivity contribution in [3.05, 3.63) is 72.3 Å². The van der Waals surface area contributed by atoms with Gasteiger partial charge >= 0.3 is 19.3 Å². The van der Waals surface area contributed by atoms with Crippen LogP contribution in [0.3, 0.4) is 0 Å². The Balaban J connectivity index is 0.000000216. The topological polar surface area (TPSA) is 235 Å². The minimum atomic E-state index is -3.00. The fraction of sp³-hybridized carbons (Fsp3) is 0.508. The third-order valence-corrected chi connectivity index (χ3v) is 15.7. The molecule has 2 aliphatic heterocycles. The summed E-state index contributed by atoms with van der Waals surface area (Å²) in [7, 11) is -1.31. The first kappa shape index (κ1) is 61.8. The maximum Gasteiger partial charge on any atom is 0.410 e. The zero-order chi connectivity index (χ0) is 61.3. The van der Waals surface area contributed by atoms with Crippen molar-refractivity contribution in [2.75, 3.05) is 32.8 Å². The Morgan fingerprint density at radius 1 is 0.741 bits per heavy atom. The Bertz CT molecular complexity index is 3720. The quantitative estimate of drug-likeness (QED) is 0.0377. The average Bonchev–Trinajstić information content (AvgIpc) is 2.78. The molecule has 0 radical (unpaired) electrons. The third kappa shape index (κ3) is 15.6. The molecule has 2 atom stereocenters. The number of nitrogens with one attached hydrogen (secondary N) is 4. The third-order valence-electron chi connectivity index (χ3n) is 14.0. The zero-order valence-corrected chi connectivity index (χ0v) is 51.2. The second-order valence-electron chi connectivity index (χ2n) is 26.0. The molecule has 3 amide bonds. The maximum absolute atomic E-state index is 13.5. The predicted molar refractivity (Wildman–Crippen MR) is 318 cm³/mol. The first-order chi connectivity index (χ1) is 39.9. The number of amides is 3. The van der Waals surface area contributed by atoms with Crippen LogP contribution in [0.15, 0.2) is 61.2 Å². The fourth-order valence-corrected chi connectivity index (χ4v) is 10.9. The summed E-state index contributed by atoms with van der Waals surface area (Å²) in [6, 6.07) is 10.5. The Morgan fingerprint density at radius 2 is 1.31 bits per heavy atom. The van der Waals surface area contributed by atoms with Crippen LogP contribution in [0.25, 0.3) is 66.9 Å². The van der Waals surface area contributed by atoms with Gasteiger partial charge in [-0.05, 0) is 143 Å². The minimum absolute atomic E-state index is 0.0221. The van der Waals surface area contributed by atoms with Gasteiger partial charge in [-0.3, -0.25) is 19.0 Å². The predicted octanol–water partition coefficient (Wildman–Crippen LogP) is 10.9. The van der Waals surface area contributed by atoms with Crippen molar-refractivity contribution in [2.45, 2.75) is 151 Å². The lowest BCUT2D eigenvalue weighted by Crippen LogP contribution is -2.40. The van der Waals surface area contributed by atoms with Crippen LogP contribution in [0.4, 0.5) is 22.4 Å². The van der Waals surface area contributed by atoms with E-state index in [0.29, 0.717) is 111 Å². The second-order valence-corrected chi connectivity index (χ2v) is 31.6. The van der Waals surface area contributed by atoms with Crippen molar-refractivity contribution in [3.8, 4) is 34.3 Å². The number of benzene rings is 2. The van der Waals surface area contributed by atoms with Crippen LogP contribution >= 0.6 is 0 Å². The Kier molecular flexibility index (Phi) is 18.0. The highest BCUT2D eigenvalue weighted by Crippen LogP contribution is 2.35. The van der Waals surface area contributed by atoms with Crippen molar-refractivity contribution < 1.29 is 50.9 Å². The molecule has 8 aromatic rings. The minimum Gasteiger partial charge on any atom is -0.444 e. The number of aromatic nitrogens is 10. The fourth-order valence-electron chi connectivity index (χ4n) is 10.1. The highest BCUT2D eigenvalue weighted by Gasteiger charge is 2.32. The monoisotopic (exact) mass is 1200 g/mol. The number of hydrogen-bond acceptors (Lipinski definition) is 14. The van der Waals surface area contributed by atoms with Crippen molar-refractivity contribution in [1.82, 2.24) is 69.9 Å².